The van der Waals surface area contributed by atoms with E-state index in [2.05, 4.69) is 26.7 Å². The molecule has 6 heteroatoms. The second-order valence-electron chi connectivity index (χ2n) is 6.49. The number of ether oxygens (including phenoxy) is 1. The first kappa shape index (κ1) is 20.7. The van der Waals surface area contributed by atoms with E-state index in [4.69, 9.17) is 16.3 Å². The SMILES string of the molecule is CN=C(NCCc1ccc(Cl)cc1)NCc1cccc(OCc2ccccn2)c1. The smallest absolute Gasteiger partial charge is 0.191 e. The van der Waals surface area contributed by atoms with Gasteiger partial charge in [0.05, 0.1) is 5.69 Å². The molecule has 0 aliphatic heterocycles. The highest BCUT2D eigenvalue weighted by Crippen LogP contribution is 2.15. The molecule has 3 rings (SSSR count). The van der Waals surface area contributed by atoms with Crippen LogP contribution in [0.2, 0.25) is 5.02 Å². The number of pyridine rings is 1. The molecule has 1 aromatic heterocycles. The lowest BCUT2D eigenvalue weighted by atomic mass is 10.1. The fourth-order valence-corrected chi connectivity index (χ4v) is 2.89. The summed E-state index contributed by atoms with van der Waals surface area (Å²) in [6.07, 6.45) is 2.67. The fraction of sp³-hybridized carbons (Fsp3) is 0.217. The van der Waals surface area contributed by atoms with Crippen LogP contribution in [0.25, 0.3) is 0 Å². The van der Waals surface area contributed by atoms with Gasteiger partial charge in [0.1, 0.15) is 12.4 Å². The summed E-state index contributed by atoms with van der Waals surface area (Å²) in [5, 5.41) is 7.42. The maximum absolute atomic E-state index is 5.92. The molecular formula is C23H25ClN4O. The molecule has 5 nitrogen and oxygen atoms in total. The number of nitrogens with zero attached hydrogens (tertiary/aromatic N) is 2. The van der Waals surface area contributed by atoms with Crippen LogP contribution in [0.5, 0.6) is 5.75 Å². The zero-order valence-electron chi connectivity index (χ0n) is 16.4. The predicted molar refractivity (Wildman–Crippen MR) is 118 cm³/mol. The van der Waals surface area contributed by atoms with Crippen LogP contribution < -0.4 is 15.4 Å². The van der Waals surface area contributed by atoms with Crippen LogP contribution in [0.1, 0.15) is 16.8 Å². The normalized spacial score (nSPS) is 11.2. The van der Waals surface area contributed by atoms with E-state index < -0.39 is 0 Å². The van der Waals surface area contributed by atoms with E-state index in [1.54, 1.807) is 13.2 Å². The molecule has 0 unspecified atom stereocenters. The minimum atomic E-state index is 0.450. The first-order chi connectivity index (χ1) is 14.2. The highest BCUT2D eigenvalue weighted by atomic mass is 35.5. The molecule has 0 amide bonds. The Hall–Kier alpha value is -3.05. The van der Waals surface area contributed by atoms with Crippen LogP contribution in [-0.2, 0) is 19.6 Å². The molecule has 2 aromatic carbocycles. The van der Waals surface area contributed by atoms with Crippen molar-refractivity contribution in [3.63, 3.8) is 0 Å². The molecule has 1 heterocycles. The van der Waals surface area contributed by atoms with Crippen LogP contribution >= 0.6 is 11.6 Å². The Morgan fingerprint density at radius 2 is 1.86 bits per heavy atom. The first-order valence-electron chi connectivity index (χ1n) is 9.53. The molecule has 0 saturated carbocycles. The van der Waals surface area contributed by atoms with Crippen LogP contribution in [0.4, 0.5) is 0 Å². The van der Waals surface area contributed by atoms with Crippen molar-refractivity contribution >= 4 is 17.6 Å². The van der Waals surface area contributed by atoms with Gasteiger partial charge >= 0.3 is 0 Å². The quantitative estimate of drug-likeness (QED) is 0.432. The Kier molecular flexibility index (Phi) is 7.90. The van der Waals surface area contributed by atoms with Gasteiger partial charge in [-0.05, 0) is 53.9 Å². The zero-order chi connectivity index (χ0) is 20.3. The average molecular weight is 409 g/mol. The lowest BCUT2D eigenvalue weighted by Gasteiger charge is -2.13. The molecule has 2 N–H and O–H groups in total. The molecule has 0 atom stereocenters. The van der Waals surface area contributed by atoms with Crippen molar-refractivity contribution in [3.05, 3.63) is 94.8 Å². The Labute approximate surface area is 176 Å². The monoisotopic (exact) mass is 408 g/mol. The molecule has 0 aliphatic carbocycles. The van der Waals surface area contributed by atoms with E-state index in [9.17, 15) is 0 Å². The number of aliphatic imine (C=N–C) groups is 1. The van der Waals surface area contributed by atoms with E-state index >= 15 is 0 Å². The summed E-state index contributed by atoms with van der Waals surface area (Å²) in [4.78, 5) is 8.55. The lowest BCUT2D eigenvalue weighted by molar-refractivity contribution is 0.301. The van der Waals surface area contributed by atoms with Crippen molar-refractivity contribution in [3.8, 4) is 5.75 Å². The number of hydrogen-bond acceptors (Lipinski definition) is 3. The molecule has 29 heavy (non-hydrogen) atoms. The second kappa shape index (κ2) is 11.1. The Morgan fingerprint density at radius 3 is 2.62 bits per heavy atom. The van der Waals surface area contributed by atoms with Gasteiger partial charge in [0, 0.05) is 31.4 Å². The van der Waals surface area contributed by atoms with E-state index in [1.165, 1.54) is 5.56 Å². The van der Waals surface area contributed by atoms with Crippen LogP contribution in [-0.4, -0.2) is 24.5 Å². The summed E-state index contributed by atoms with van der Waals surface area (Å²) < 4.78 is 5.84. The van der Waals surface area contributed by atoms with Gasteiger partial charge in [0.15, 0.2) is 5.96 Å². The summed E-state index contributed by atoms with van der Waals surface area (Å²) in [6.45, 7) is 1.89. The molecule has 3 aromatic rings. The van der Waals surface area contributed by atoms with Gasteiger partial charge in [-0.2, -0.15) is 0 Å². The maximum atomic E-state index is 5.92. The second-order valence-corrected chi connectivity index (χ2v) is 6.92. The number of nitrogens with one attached hydrogen (secondary N) is 2. The van der Waals surface area contributed by atoms with Gasteiger partial charge in [-0.1, -0.05) is 41.9 Å². The summed E-state index contributed by atoms with van der Waals surface area (Å²) >= 11 is 5.92. The van der Waals surface area contributed by atoms with Crippen molar-refractivity contribution < 1.29 is 4.74 Å². The van der Waals surface area contributed by atoms with Crippen molar-refractivity contribution in [2.24, 2.45) is 4.99 Å². The van der Waals surface area contributed by atoms with Crippen molar-refractivity contribution in [2.45, 2.75) is 19.6 Å². The Morgan fingerprint density at radius 1 is 1.00 bits per heavy atom. The third-order valence-corrected chi connectivity index (χ3v) is 4.57. The highest BCUT2D eigenvalue weighted by Gasteiger charge is 2.02. The topological polar surface area (TPSA) is 58.5 Å². The van der Waals surface area contributed by atoms with Crippen LogP contribution in [0, 0.1) is 0 Å². The molecule has 0 bridgehead atoms. The van der Waals surface area contributed by atoms with Crippen molar-refractivity contribution in [2.75, 3.05) is 13.6 Å². The average Bonchev–Trinajstić information content (AvgIpc) is 2.77. The summed E-state index contributed by atoms with van der Waals surface area (Å²) in [5.41, 5.74) is 3.25. The number of halogens is 1. The zero-order valence-corrected chi connectivity index (χ0v) is 17.2. The lowest BCUT2D eigenvalue weighted by Crippen LogP contribution is -2.37. The molecule has 0 radical (unpaired) electrons. The molecule has 150 valence electrons. The van der Waals surface area contributed by atoms with Gasteiger partial charge in [-0.3, -0.25) is 9.98 Å². The number of rotatable bonds is 8. The maximum Gasteiger partial charge on any atom is 0.191 e. The van der Waals surface area contributed by atoms with Gasteiger partial charge in [-0.15, -0.1) is 0 Å². The van der Waals surface area contributed by atoms with Crippen molar-refractivity contribution in [1.29, 1.82) is 0 Å². The van der Waals surface area contributed by atoms with E-state index in [-0.39, 0.29) is 0 Å². The largest absolute Gasteiger partial charge is 0.487 e. The Bertz CT molecular complexity index is 914. The fourth-order valence-electron chi connectivity index (χ4n) is 2.77. The van der Waals surface area contributed by atoms with Crippen LogP contribution in [0.15, 0.2) is 77.9 Å². The minimum Gasteiger partial charge on any atom is -0.487 e. The van der Waals surface area contributed by atoms with Crippen molar-refractivity contribution in [1.82, 2.24) is 15.6 Å². The summed E-state index contributed by atoms with van der Waals surface area (Å²) in [7, 11) is 1.77. The van der Waals surface area contributed by atoms with Crippen LogP contribution in [0.3, 0.4) is 0 Å². The number of hydrogen-bond donors (Lipinski definition) is 2. The summed E-state index contributed by atoms with van der Waals surface area (Å²) in [5.74, 6) is 1.58. The van der Waals surface area contributed by atoms with E-state index in [0.29, 0.717) is 13.2 Å². The standard InChI is InChI=1S/C23H25ClN4O/c1-25-23(27-14-12-18-8-10-20(24)11-9-18)28-16-19-5-4-7-22(15-19)29-17-21-6-2-3-13-26-21/h2-11,13,15H,12,14,16-17H2,1H3,(H2,25,27,28). The molecular weight excluding hydrogens is 384 g/mol. The Balaban J connectivity index is 1.44. The molecule has 0 spiro atoms. The summed E-state index contributed by atoms with van der Waals surface area (Å²) in [6, 6.07) is 21.7. The number of benzene rings is 2. The third kappa shape index (κ3) is 7.12. The highest BCUT2D eigenvalue weighted by molar-refractivity contribution is 6.30. The van der Waals surface area contributed by atoms with Gasteiger partial charge in [0.2, 0.25) is 0 Å². The molecule has 0 aliphatic rings. The number of guanidine groups is 1. The van der Waals surface area contributed by atoms with Gasteiger partial charge in [0.25, 0.3) is 0 Å². The van der Waals surface area contributed by atoms with E-state index in [0.717, 1.165) is 41.0 Å². The first-order valence-corrected chi connectivity index (χ1v) is 9.91. The van der Waals surface area contributed by atoms with E-state index in [1.807, 2.05) is 60.7 Å². The van der Waals surface area contributed by atoms with Gasteiger partial charge in [-0.25, -0.2) is 0 Å². The predicted octanol–water partition coefficient (Wildman–Crippen LogP) is 4.22. The minimum absolute atomic E-state index is 0.450. The molecule has 0 saturated heterocycles. The third-order valence-electron chi connectivity index (χ3n) is 4.31. The molecule has 0 fully saturated rings. The van der Waals surface area contributed by atoms with Gasteiger partial charge < -0.3 is 15.4 Å². The number of aromatic nitrogens is 1.